The van der Waals surface area contributed by atoms with Crippen LogP contribution in [0.15, 0.2) is 24.3 Å². The smallest absolute Gasteiger partial charge is 0.303 e. The summed E-state index contributed by atoms with van der Waals surface area (Å²) < 4.78 is 5.67. The quantitative estimate of drug-likeness (QED) is 0.742. The number of hydrogen-bond acceptors (Lipinski definition) is 3. The molecule has 0 saturated carbocycles. The Morgan fingerprint density at radius 3 is 2.92 bits per heavy atom. The number of hydrogen-bond donors (Lipinski definition) is 1. The van der Waals surface area contributed by atoms with Crippen LogP contribution < -0.4 is 4.74 Å². The summed E-state index contributed by atoms with van der Waals surface area (Å²) in [4.78, 5) is 24.9. The summed E-state index contributed by atoms with van der Waals surface area (Å²) in [5, 5.41) is 8.78. The van der Waals surface area contributed by atoms with Crippen LogP contribution in [-0.2, 0) is 9.59 Å². The Kier molecular flexibility index (Phi) is 7.09. The number of aliphatic carboxylic acids is 1. The molecule has 24 heavy (non-hydrogen) atoms. The fourth-order valence-electron chi connectivity index (χ4n) is 3.13. The lowest BCUT2D eigenvalue weighted by Crippen LogP contribution is -2.40. The molecule has 0 unspecified atom stereocenters. The minimum atomic E-state index is -0.758. The van der Waals surface area contributed by atoms with Crippen LogP contribution in [0, 0.1) is 12.8 Å². The molecule has 1 amide bonds. The molecule has 1 aromatic rings. The Morgan fingerprint density at radius 2 is 2.17 bits per heavy atom. The second kappa shape index (κ2) is 9.30. The van der Waals surface area contributed by atoms with Crippen LogP contribution in [0.25, 0.3) is 0 Å². The molecule has 5 heteroatoms. The summed E-state index contributed by atoms with van der Waals surface area (Å²) >= 11 is 0. The number of rotatable bonds is 8. The van der Waals surface area contributed by atoms with Crippen LogP contribution in [0.4, 0.5) is 0 Å². The SMILES string of the molecule is Cc1cccc(OCCCC(=O)N2CCC[C@H](CCC(=O)O)C2)c1. The lowest BCUT2D eigenvalue weighted by atomic mass is 9.93. The van der Waals surface area contributed by atoms with Crippen molar-refractivity contribution in [3.05, 3.63) is 29.8 Å². The van der Waals surface area contributed by atoms with Crippen LogP contribution in [-0.4, -0.2) is 41.6 Å². The van der Waals surface area contributed by atoms with Gasteiger partial charge in [-0.3, -0.25) is 9.59 Å². The molecule has 5 nitrogen and oxygen atoms in total. The standard InChI is InChI=1S/C19H27NO4/c1-15-5-2-7-17(13-15)24-12-4-8-18(21)20-11-3-6-16(14-20)9-10-19(22)23/h2,5,7,13,16H,3-4,6,8-12,14H2,1H3,(H,22,23)/t16-/m1/s1. The van der Waals surface area contributed by atoms with Gasteiger partial charge in [0, 0.05) is 25.9 Å². The number of amides is 1. The summed E-state index contributed by atoms with van der Waals surface area (Å²) in [5.74, 6) is 0.561. The molecule has 1 saturated heterocycles. The van der Waals surface area contributed by atoms with Crippen molar-refractivity contribution >= 4 is 11.9 Å². The number of benzene rings is 1. The molecule has 1 heterocycles. The lowest BCUT2D eigenvalue weighted by Gasteiger charge is -2.32. The Labute approximate surface area is 143 Å². The molecule has 2 rings (SSSR count). The third kappa shape index (κ3) is 6.22. The predicted molar refractivity (Wildman–Crippen MR) is 92.1 cm³/mol. The van der Waals surface area contributed by atoms with Gasteiger partial charge in [0.1, 0.15) is 5.75 Å². The van der Waals surface area contributed by atoms with E-state index in [4.69, 9.17) is 9.84 Å². The van der Waals surface area contributed by atoms with Crippen molar-refractivity contribution in [3.63, 3.8) is 0 Å². The summed E-state index contributed by atoms with van der Waals surface area (Å²) in [7, 11) is 0. The van der Waals surface area contributed by atoms with Crippen molar-refractivity contribution in [1.82, 2.24) is 4.90 Å². The highest BCUT2D eigenvalue weighted by atomic mass is 16.5. The molecule has 0 aliphatic carbocycles. The van der Waals surface area contributed by atoms with Crippen LogP contribution in [0.5, 0.6) is 5.75 Å². The van der Waals surface area contributed by atoms with Crippen LogP contribution >= 0.6 is 0 Å². The number of carboxylic acids is 1. The fraction of sp³-hybridized carbons (Fsp3) is 0.579. The van der Waals surface area contributed by atoms with E-state index in [1.807, 2.05) is 36.1 Å². The first-order valence-corrected chi connectivity index (χ1v) is 8.73. The Bertz CT molecular complexity index is 558. The van der Waals surface area contributed by atoms with E-state index in [1.165, 1.54) is 0 Å². The molecule has 0 aromatic heterocycles. The summed E-state index contributed by atoms with van der Waals surface area (Å²) in [6.07, 6.45) is 4.02. The van der Waals surface area contributed by atoms with Crippen molar-refractivity contribution in [3.8, 4) is 5.75 Å². The number of likely N-dealkylation sites (tertiary alicyclic amines) is 1. The largest absolute Gasteiger partial charge is 0.494 e. The number of piperidine rings is 1. The second-order valence-electron chi connectivity index (χ2n) is 6.55. The lowest BCUT2D eigenvalue weighted by molar-refractivity contribution is -0.137. The highest BCUT2D eigenvalue weighted by Crippen LogP contribution is 2.22. The molecule has 1 aromatic carbocycles. The molecule has 132 valence electrons. The molecule has 0 spiro atoms. The third-order valence-electron chi connectivity index (χ3n) is 4.43. The second-order valence-corrected chi connectivity index (χ2v) is 6.55. The highest BCUT2D eigenvalue weighted by Gasteiger charge is 2.23. The predicted octanol–water partition coefficient (Wildman–Crippen LogP) is 3.26. The molecular weight excluding hydrogens is 306 g/mol. The van der Waals surface area contributed by atoms with Crippen LogP contribution in [0.3, 0.4) is 0 Å². The van der Waals surface area contributed by atoms with Crippen LogP contribution in [0.1, 0.15) is 44.1 Å². The molecule has 0 radical (unpaired) electrons. The average molecular weight is 333 g/mol. The van der Waals surface area contributed by atoms with E-state index in [1.54, 1.807) is 0 Å². The number of carboxylic acid groups (broad SMARTS) is 1. The summed E-state index contributed by atoms with van der Waals surface area (Å²) in [5.41, 5.74) is 1.16. The van der Waals surface area contributed by atoms with Gasteiger partial charge in [-0.05, 0) is 56.2 Å². The van der Waals surface area contributed by atoms with Gasteiger partial charge in [-0.15, -0.1) is 0 Å². The van der Waals surface area contributed by atoms with E-state index >= 15 is 0 Å². The van der Waals surface area contributed by atoms with E-state index in [2.05, 4.69) is 0 Å². The third-order valence-corrected chi connectivity index (χ3v) is 4.43. The number of aryl methyl sites for hydroxylation is 1. The first kappa shape index (κ1) is 18.3. The van der Waals surface area contributed by atoms with E-state index in [0.717, 1.165) is 30.7 Å². The Morgan fingerprint density at radius 1 is 1.33 bits per heavy atom. The Balaban J connectivity index is 1.67. The summed E-state index contributed by atoms with van der Waals surface area (Å²) in [6.45, 7) is 4.05. The van der Waals surface area contributed by atoms with Crippen LogP contribution in [0.2, 0.25) is 0 Å². The van der Waals surface area contributed by atoms with Crippen molar-refractivity contribution in [2.75, 3.05) is 19.7 Å². The van der Waals surface area contributed by atoms with Gasteiger partial charge in [-0.25, -0.2) is 0 Å². The van der Waals surface area contributed by atoms with Gasteiger partial charge in [-0.1, -0.05) is 12.1 Å². The summed E-state index contributed by atoms with van der Waals surface area (Å²) in [6, 6.07) is 7.89. The van der Waals surface area contributed by atoms with Gasteiger partial charge in [-0.2, -0.15) is 0 Å². The van der Waals surface area contributed by atoms with Crippen molar-refractivity contribution in [1.29, 1.82) is 0 Å². The molecule has 0 bridgehead atoms. The fourth-order valence-corrected chi connectivity index (χ4v) is 3.13. The maximum absolute atomic E-state index is 12.3. The molecule has 1 aliphatic heterocycles. The molecule has 1 N–H and O–H groups in total. The number of carbonyl (C=O) groups excluding carboxylic acids is 1. The van der Waals surface area contributed by atoms with Crippen molar-refractivity contribution < 1.29 is 19.4 Å². The van der Waals surface area contributed by atoms with Gasteiger partial charge in [0.05, 0.1) is 6.61 Å². The van der Waals surface area contributed by atoms with E-state index in [0.29, 0.717) is 38.3 Å². The topological polar surface area (TPSA) is 66.8 Å². The maximum atomic E-state index is 12.3. The number of carbonyl (C=O) groups is 2. The first-order chi connectivity index (χ1) is 11.5. The zero-order chi connectivity index (χ0) is 17.4. The average Bonchev–Trinajstić information content (AvgIpc) is 2.57. The zero-order valence-electron chi connectivity index (χ0n) is 14.4. The normalized spacial score (nSPS) is 17.5. The zero-order valence-corrected chi connectivity index (χ0v) is 14.4. The maximum Gasteiger partial charge on any atom is 0.303 e. The van der Waals surface area contributed by atoms with E-state index in [-0.39, 0.29) is 12.3 Å². The monoisotopic (exact) mass is 333 g/mol. The number of nitrogens with zero attached hydrogens (tertiary/aromatic N) is 1. The van der Waals surface area contributed by atoms with Crippen molar-refractivity contribution in [2.24, 2.45) is 5.92 Å². The molecule has 1 fully saturated rings. The van der Waals surface area contributed by atoms with E-state index in [9.17, 15) is 9.59 Å². The van der Waals surface area contributed by atoms with Gasteiger partial charge < -0.3 is 14.7 Å². The van der Waals surface area contributed by atoms with Gasteiger partial charge >= 0.3 is 5.97 Å². The van der Waals surface area contributed by atoms with Crippen molar-refractivity contribution in [2.45, 2.75) is 45.4 Å². The highest BCUT2D eigenvalue weighted by molar-refractivity contribution is 5.76. The molecule has 1 atom stereocenters. The number of ether oxygens (including phenoxy) is 1. The first-order valence-electron chi connectivity index (χ1n) is 8.73. The minimum absolute atomic E-state index is 0.155. The minimum Gasteiger partial charge on any atom is -0.494 e. The van der Waals surface area contributed by atoms with E-state index < -0.39 is 5.97 Å². The Hall–Kier alpha value is -2.04. The molecular formula is C19H27NO4. The van der Waals surface area contributed by atoms with Gasteiger partial charge in [0.2, 0.25) is 5.91 Å². The van der Waals surface area contributed by atoms with Gasteiger partial charge in [0.25, 0.3) is 0 Å². The molecule has 1 aliphatic rings. The van der Waals surface area contributed by atoms with Gasteiger partial charge in [0.15, 0.2) is 0 Å².